The average Bonchev–Trinajstić information content (AvgIpc) is 2.98. The summed E-state index contributed by atoms with van der Waals surface area (Å²) in [7, 11) is 0. The number of piperidine rings is 1. The summed E-state index contributed by atoms with van der Waals surface area (Å²) >= 11 is 0. The molecule has 0 aliphatic carbocycles. The normalized spacial score (nSPS) is 16.8. The van der Waals surface area contributed by atoms with Crippen LogP contribution in [0.25, 0.3) is 0 Å². The van der Waals surface area contributed by atoms with Crippen LogP contribution >= 0.6 is 0 Å². The Morgan fingerprint density at radius 3 is 2.89 bits per heavy atom. The van der Waals surface area contributed by atoms with Crippen molar-refractivity contribution in [3.8, 4) is 0 Å². The van der Waals surface area contributed by atoms with Gasteiger partial charge in [0.15, 0.2) is 0 Å². The molecule has 1 aliphatic rings. The molecule has 19 heavy (non-hydrogen) atoms. The Labute approximate surface area is 113 Å². The van der Waals surface area contributed by atoms with Gasteiger partial charge in [-0.2, -0.15) is 5.10 Å². The first-order valence-electron chi connectivity index (χ1n) is 6.78. The van der Waals surface area contributed by atoms with E-state index in [-0.39, 0.29) is 12.0 Å². The number of carbonyl (C=O) groups excluding carboxylic acids is 1. The van der Waals surface area contributed by atoms with Crippen LogP contribution in [0.5, 0.6) is 0 Å². The van der Waals surface area contributed by atoms with Crippen molar-refractivity contribution in [3.05, 3.63) is 18.0 Å². The van der Waals surface area contributed by atoms with Crippen LogP contribution in [0.15, 0.2) is 12.4 Å². The molecule has 0 unspecified atom stereocenters. The van der Waals surface area contributed by atoms with Crippen molar-refractivity contribution < 1.29 is 14.3 Å². The number of nitrogens with one attached hydrogen (secondary N) is 1. The van der Waals surface area contributed by atoms with Gasteiger partial charge in [0, 0.05) is 25.9 Å². The summed E-state index contributed by atoms with van der Waals surface area (Å²) < 4.78 is 11.0. The lowest BCUT2D eigenvalue weighted by molar-refractivity contribution is -0.0182. The molecule has 0 bridgehead atoms. The van der Waals surface area contributed by atoms with Crippen molar-refractivity contribution in [1.82, 2.24) is 15.1 Å². The maximum Gasteiger partial charge on any atom is 0.257 e. The van der Waals surface area contributed by atoms with Gasteiger partial charge in [0.25, 0.3) is 5.91 Å². The fraction of sp³-hybridized carbons (Fsp3) is 0.692. The minimum atomic E-state index is 0.0431. The van der Waals surface area contributed by atoms with Gasteiger partial charge in [0.2, 0.25) is 0 Å². The molecule has 1 N–H and O–H groups in total. The molecule has 0 radical (unpaired) electrons. The molecule has 6 heteroatoms. The van der Waals surface area contributed by atoms with E-state index in [0.29, 0.717) is 18.8 Å². The molecule has 106 valence electrons. The number of ether oxygens (including phenoxy) is 2. The zero-order valence-corrected chi connectivity index (χ0v) is 11.3. The molecule has 0 aromatic carbocycles. The first kappa shape index (κ1) is 14.0. The van der Waals surface area contributed by atoms with Crippen LogP contribution in [0.4, 0.5) is 0 Å². The van der Waals surface area contributed by atoms with Gasteiger partial charge in [-0.25, -0.2) is 0 Å². The quantitative estimate of drug-likeness (QED) is 0.783. The molecule has 0 spiro atoms. The highest BCUT2D eigenvalue weighted by atomic mass is 16.5. The van der Waals surface area contributed by atoms with Crippen molar-refractivity contribution in [2.45, 2.75) is 25.9 Å². The largest absolute Gasteiger partial charge is 0.379 e. The lowest BCUT2D eigenvalue weighted by Crippen LogP contribution is -2.41. The summed E-state index contributed by atoms with van der Waals surface area (Å²) in [5.74, 6) is 0.0431. The van der Waals surface area contributed by atoms with Crippen LogP contribution in [-0.4, -0.2) is 60.0 Å². The average molecular weight is 267 g/mol. The molecule has 2 rings (SSSR count). The summed E-state index contributed by atoms with van der Waals surface area (Å²) in [6, 6.07) is 0. The van der Waals surface area contributed by atoms with Gasteiger partial charge in [0.1, 0.15) is 0 Å². The zero-order valence-electron chi connectivity index (χ0n) is 11.3. The van der Waals surface area contributed by atoms with E-state index < -0.39 is 0 Å². The standard InChI is InChI=1S/C13H21N3O3/c1-2-18-7-8-19-12-3-5-16(6-4-12)13(17)11-9-14-15-10-11/h9-10,12H,2-8H2,1H3,(H,14,15). The number of H-pyrrole nitrogens is 1. The van der Waals surface area contributed by atoms with Gasteiger partial charge in [-0.15, -0.1) is 0 Å². The summed E-state index contributed by atoms with van der Waals surface area (Å²) in [6.07, 6.45) is 5.21. The molecule has 1 amide bonds. The third-order valence-electron chi connectivity index (χ3n) is 3.26. The maximum atomic E-state index is 12.1. The van der Waals surface area contributed by atoms with E-state index in [4.69, 9.17) is 9.47 Å². The molecular formula is C13H21N3O3. The number of amides is 1. The van der Waals surface area contributed by atoms with Gasteiger partial charge >= 0.3 is 0 Å². The third kappa shape index (κ3) is 4.04. The number of aromatic amines is 1. The Balaban J connectivity index is 1.69. The minimum Gasteiger partial charge on any atom is -0.379 e. The van der Waals surface area contributed by atoms with Crippen molar-refractivity contribution in [2.75, 3.05) is 32.9 Å². The molecule has 1 aromatic heterocycles. The van der Waals surface area contributed by atoms with E-state index in [1.54, 1.807) is 12.4 Å². The van der Waals surface area contributed by atoms with E-state index in [9.17, 15) is 4.79 Å². The first-order chi connectivity index (χ1) is 9.31. The molecule has 2 heterocycles. The van der Waals surface area contributed by atoms with Gasteiger partial charge < -0.3 is 14.4 Å². The molecule has 1 fully saturated rings. The summed E-state index contributed by atoms with van der Waals surface area (Å²) in [5.41, 5.74) is 0.621. The molecule has 1 aromatic rings. The summed E-state index contributed by atoms with van der Waals surface area (Å²) in [4.78, 5) is 13.9. The first-order valence-corrected chi connectivity index (χ1v) is 6.78. The van der Waals surface area contributed by atoms with Gasteiger partial charge in [-0.1, -0.05) is 0 Å². The van der Waals surface area contributed by atoms with Crippen molar-refractivity contribution >= 4 is 5.91 Å². The highest BCUT2D eigenvalue weighted by Crippen LogP contribution is 2.15. The number of nitrogens with zero attached hydrogens (tertiary/aromatic N) is 2. The highest BCUT2D eigenvalue weighted by Gasteiger charge is 2.24. The van der Waals surface area contributed by atoms with Crippen molar-refractivity contribution in [1.29, 1.82) is 0 Å². The summed E-state index contributed by atoms with van der Waals surface area (Å²) in [6.45, 7) is 5.45. The minimum absolute atomic E-state index is 0.0431. The Hall–Kier alpha value is -1.40. The Bertz CT molecular complexity index is 372. The Kier molecular flexibility index (Phi) is 5.35. The smallest absolute Gasteiger partial charge is 0.257 e. The number of carbonyl (C=O) groups is 1. The van der Waals surface area contributed by atoms with Crippen LogP contribution in [0.2, 0.25) is 0 Å². The second kappa shape index (κ2) is 7.25. The second-order valence-corrected chi connectivity index (χ2v) is 4.55. The van der Waals surface area contributed by atoms with Crippen LogP contribution in [0.1, 0.15) is 30.1 Å². The molecule has 1 saturated heterocycles. The number of hydrogen-bond donors (Lipinski definition) is 1. The maximum absolute atomic E-state index is 12.1. The van der Waals surface area contributed by atoms with E-state index in [1.807, 2.05) is 11.8 Å². The predicted octanol–water partition coefficient (Wildman–Crippen LogP) is 1.07. The van der Waals surface area contributed by atoms with Crippen LogP contribution in [0.3, 0.4) is 0 Å². The topological polar surface area (TPSA) is 67.5 Å². The SMILES string of the molecule is CCOCCOC1CCN(C(=O)c2cn[nH]c2)CC1. The molecular weight excluding hydrogens is 246 g/mol. The second-order valence-electron chi connectivity index (χ2n) is 4.55. The fourth-order valence-corrected chi connectivity index (χ4v) is 2.19. The number of likely N-dealkylation sites (tertiary alicyclic amines) is 1. The number of aromatic nitrogens is 2. The Morgan fingerprint density at radius 2 is 2.26 bits per heavy atom. The van der Waals surface area contributed by atoms with Gasteiger partial charge in [-0.3, -0.25) is 9.89 Å². The monoisotopic (exact) mass is 267 g/mol. The fourth-order valence-electron chi connectivity index (χ4n) is 2.19. The molecule has 1 aliphatic heterocycles. The van der Waals surface area contributed by atoms with E-state index in [1.165, 1.54) is 0 Å². The predicted molar refractivity (Wildman–Crippen MR) is 70.0 cm³/mol. The lowest BCUT2D eigenvalue weighted by Gasteiger charge is -2.31. The van der Waals surface area contributed by atoms with E-state index in [2.05, 4.69) is 10.2 Å². The van der Waals surface area contributed by atoms with Crippen LogP contribution < -0.4 is 0 Å². The molecule has 0 saturated carbocycles. The third-order valence-corrected chi connectivity index (χ3v) is 3.26. The molecule has 6 nitrogen and oxygen atoms in total. The van der Waals surface area contributed by atoms with Gasteiger partial charge in [0.05, 0.1) is 31.1 Å². The van der Waals surface area contributed by atoms with Crippen LogP contribution in [-0.2, 0) is 9.47 Å². The van der Waals surface area contributed by atoms with Crippen molar-refractivity contribution in [3.63, 3.8) is 0 Å². The van der Waals surface area contributed by atoms with Gasteiger partial charge in [-0.05, 0) is 19.8 Å². The number of rotatable bonds is 6. The van der Waals surface area contributed by atoms with E-state index >= 15 is 0 Å². The van der Waals surface area contributed by atoms with E-state index in [0.717, 1.165) is 32.5 Å². The Morgan fingerprint density at radius 1 is 1.47 bits per heavy atom. The number of hydrogen-bond acceptors (Lipinski definition) is 4. The van der Waals surface area contributed by atoms with Crippen LogP contribution in [0, 0.1) is 0 Å². The lowest BCUT2D eigenvalue weighted by atomic mass is 10.1. The van der Waals surface area contributed by atoms with Crippen molar-refractivity contribution in [2.24, 2.45) is 0 Å². The summed E-state index contributed by atoms with van der Waals surface area (Å²) in [5, 5.41) is 6.46. The zero-order chi connectivity index (χ0) is 13.5. The highest BCUT2D eigenvalue weighted by molar-refractivity contribution is 5.93. The molecule has 0 atom stereocenters.